The molecule has 0 unspecified atom stereocenters. The van der Waals surface area contributed by atoms with Gasteiger partial charge in [0.05, 0.1) is 7.11 Å². The molecule has 1 aliphatic heterocycles. The van der Waals surface area contributed by atoms with Gasteiger partial charge >= 0.3 is 12.1 Å². The van der Waals surface area contributed by atoms with Crippen molar-refractivity contribution >= 4 is 18.3 Å². The van der Waals surface area contributed by atoms with Gasteiger partial charge in [0.1, 0.15) is 17.9 Å². The van der Waals surface area contributed by atoms with Gasteiger partial charge in [0.15, 0.2) is 0 Å². The minimum absolute atomic E-state index is 0.0387. The van der Waals surface area contributed by atoms with Crippen LogP contribution in [0.5, 0.6) is 0 Å². The predicted molar refractivity (Wildman–Crippen MR) is 72.1 cm³/mol. The zero-order valence-corrected chi connectivity index (χ0v) is 12.7. The van der Waals surface area contributed by atoms with Crippen molar-refractivity contribution in [2.45, 2.75) is 58.2 Å². The number of aldehydes is 1. The molecule has 6 heteroatoms. The molecular weight excluding hydrogens is 262 g/mol. The monoisotopic (exact) mass is 285 g/mol. The van der Waals surface area contributed by atoms with Crippen LogP contribution in [0, 0.1) is 5.92 Å². The van der Waals surface area contributed by atoms with Crippen LogP contribution in [0.3, 0.4) is 0 Å². The van der Waals surface area contributed by atoms with Crippen molar-refractivity contribution < 1.29 is 23.9 Å². The summed E-state index contributed by atoms with van der Waals surface area (Å²) in [4.78, 5) is 36.3. The molecule has 0 N–H and O–H groups in total. The average molecular weight is 285 g/mol. The van der Waals surface area contributed by atoms with E-state index >= 15 is 0 Å². The first kappa shape index (κ1) is 16.5. The van der Waals surface area contributed by atoms with Gasteiger partial charge < -0.3 is 14.3 Å². The molecule has 0 radical (unpaired) electrons. The van der Waals surface area contributed by atoms with Crippen LogP contribution in [0.1, 0.15) is 40.5 Å². The summed E-state index contributed by atoms with van der Waals surface area (Å²) in [7, 11) is 1.29. The summed E-state index contributed by atoms with van der Waals surface area (Å²) >= 11 is 0. The second kappa shape index (κ2) is 6.24. The van der Waals surface area contributed by atoms with E-state index < -0.39 is 23.7 Å². The number of hydrogen-bond acceptors (Lipinski definition) is 5. The average Bonchev–Trinajstić information content (AvgIpc) is 2.64. The number of hydrogen-bond donors (Lipinski definition) is 0. The lowest BCUT2D eigenvalue weighted by Gasteiger charge is -2.31. The lowest BCUT2D eigenvalue weighted by Crippen LogP contribution is -2.48. The van der Waals surface area contributed by atoms with Gasteiger partial charge in [0.2, 0.25) is 0 Å². The number of carbonyl (C=O) groups is 3. The number of carbonyl (C=O) groups excluding carboxylic acids is 3. The van der Waals surface area contributed by atoms with Crippen LogP contribution in [0.25, 0.3) is 0 Å². The number of likely N-dealkylation sites (tertiary alicyclic amines) is 1. The standard InChI is InChI=1S/C14H23NO5/c1-9-8-11(12(17)19-5)15(10(9)6-7-16)13(18)20-14(2,3)4/h7,9-11H,6,8H2,1-5H3/t9-,10-,11+/m1/s1. The topological polar surface area (TPSA) is 72.9 Å². The fraction of sp³-hybridized carbons (Fsp3) is 0.786. The lowest BCUT2D eigenvalue weighted by atomic mass is 9.99. The molecule has 0 saturated carbocycles. The van der Waals surface area contributed by atoms with E-state index in [1.165, 1.54) is 12.0 Å². The molecule has 3 atom stereocenters. The third-order valence-corrected chi connectivity index (χ3v) is 3.36. The van der Waals surface area contributed by atoms with Crippen LogP contribution in [0.2, 0.25) is 0 Å². The number of ether oxygens (including phenoxy) is 2. The molecule has 1 fully saturated rings. The van der Waals surface area contributed by atoms with Crippen molar-refractivity contribution in [2.24, 2.45) is 5.92 Å². The molecule has 0 bridgehead atoms. The molecule has 0 aromatic heterocycles. The Hall–Kier alpha value is -1.59. The van der Waals surface area contributed by atoms with E-state index in [0.717, 1.165) is 6.29 Å². The largest absolute Gasteiger partial charge is 0.467 e. The number of rotatable bonds is 3. The first-order valence-electron chi connectivity index (χ1n) is 6.74. The molecule has 6 nitrogen and oxygen atoms in total. The summed E-state index contributed by atoms with van der Waals surface area (Å²) in [6, 6.07) is -1.01. The predicted octanol–water partition coefficient (Wildman–Crippen LogP) is 1.76. The maximum Gasteiger partial charge on any atom is 0.411 e. The molecule has 1 heterocycles. The van der Waals surface area contributed by atoms with Crippen molar-refractivity contribution in [1.29, 1.82) is 0 Å². The maximum absolute atomic E-state index is 12.3. The van der Waals surface area contributed by atoms with Crippen molar-refractivity contribution in [3.63, 3.8) is 0 Å². The zero-order valence-electron chi connectivity index (χ0n) is 12.7. The number of amides is 1. The second-order valence-corrected chi connectivity index (χ2v) is 6.11. The molecule has 0 aromatic carbocycles. The summed E-state index contributed by atoms with van der Waals surface area (Å²) < 4.78 is 10.1. The Balaban J connectivity index is 3.00. The minimum atomic E-state index is -0.685. The molecule has 0 spiro atoms. The highest BCUT2D eigenvalue weighted by Gasteiger charge is 2.47. The zero-order chi connectivity index (χ0) is 15.5. The Morgan fingerprint density at radius 3 is 2.40 bits per heavy atom. The highest BCUT2D eigenvalue weighted by Crippen LogP contribution is 2.33. The fourth-order valence-corrected chi connectivity index (χ4v) is 2.50. The molecule has 0 aromatic rings. The first-order chi connectivity index (χ1) is 9.21. The molecule has 1 amide bonds. The summed E-state index contributed by atoms with van der Waals surface area (Å²) in [5.74, 6) is -0.437. The van der Waals surface area contributed by atoms with Crippen LogP contribution < -0.4 is 0 Å². The molecule has 1 saturated heterocycles. The molecule has 114 valence electrons. The molecular formula is C14H23NO5. The van der Waals surface area contributed by atoms with Gasteiger partial charge in [0.25, 0.3) is 0 Å². The Bertz CT molecular complexity index is 388. The van der Waals surface area contributed by atoms with Crippen molar-refractivity contribution in [2.75, 3.05) is 7.11 Å². The van der Waals surface area contributed by atoms with Gasteiger partial charge in [-0.3, -0.25) is 4.90 Å². The lowest BCUT2D eigenvalue weighted by molar-refractivity contribution is -0.146. The third kappa shape index (κ3) is 3.71. The van der Waals surface area contributed by atoms with Gasteiger partial charge in [-0.1, -0.05) is 6.92 Å². The number of nitrogens with zero attached hydrogens (tertiary/aromatic N) is 1. The van der Waals surface area contributed by atoms with E-state index in [-0.39, 0.29) is 18.4 Å². The van der Waals surface area contributed by atoms with Crippen LogP contribution in [0.4, 0.5) is 4.79 Å². The molecule has 1 rings (SSSR count). The van der Waals surface area contributed by atoms with E-state index in [4.69, 9.17) is 9.47 Å². The smallest absolute Gasteiger partial charge is 0.411 e. The van der Waals surface area contributed by atoms with Gasteiger partial charge in [-0.2, -0.15) is 0 Å². The van der Waals surface area contributed by atoms with E-state index in [1.54, 1.807) is 20.8 Å². The van der Waals surface area contributed by atoms with Crippen LogP contribution >= 0.6 is 0 Å². The SMILES string of the molecule is COC(=O)[C@@H]1C[C@@H](C)[C@@H](CC=O)N1C(=O)OC(C)(C)C. The highest BCUT2D eigenvalue weighted by molar-refractivity contribution is 5.83. The van der Waals surface area contributed by atoms with Crippen LogP contribution in [-0.2, 0) is 19.1 Å². The van der Waals surface area contributed by atoms with Crippen molar-refractivity contribution in [3.05, 3.63) is 0 Å². The van der Waals surface area contributed by atoms with Gasteiger partial charge in [-0.25, -0.2) is 9.59 Å². The van der Waals surface area contributed by atoms with Gasteiger partial charge in [-0.05, 0) is 33.1 Å². The Morgan fingerprint density at radius 1 is 1.35 bits per heavy atom. The Labute approximate surface area is 119 Å². The molecule has 1 aliphatic rings. The highest BCUT2D eigenvalue weighted by atomic mass is 16.6. The minimum Gasteiger partial charge on any atom is -0.467 e. The number of methoxy groups -OCH3 is 1. The maximum atomic E-state index is 12.3. The summed E-state index contributed by atoms with van der Waals surface area (Å²) in [5.41, 5.74) is -0.657. The van der Waals surface area contributed by atoms with E-state index in [1.807, 2.05) is 6.92 Å². The quantitative estimate of drug-likeness (QED) is 0.583. The van der Waals surface area contributed by atoms with Crippen LogP contribution in [0.15, 0.2) is 0 Å². The van der Waals surface area contributed by atoms with Crippen LogP contribution in [-0.4, -0.2) is 48.0 Å². The van der Waals surface area contributed by atoms with Crippen molar-refractivity contribution in [1.82, 2.24) is 4.90 Å². The Morgan fingerprint density at radius 2 is 1.95 bits per heavy atom. The first-order valence-corrected chi connectivity index (χ1v) is 6.74. The van der Waals surface area contributed by atoms with E-state index in [9.17, 15) is 14.4 Å². The summed E-state index contributed by atoms with van der Waals surface area (Å²) in [6.45, 7) is 7.18. The summed E-state index contributed by atoms with van der Waals surface area (Å²) in [6.07, 6.45) is 0.848. The second-order valence-electron chi connectivity index (χ2n) is 6.11. The van der Waals surface area contributed by atoms with E-state index in [0.29, 0.717) is 6.42 Å². The summed E-state index contributed by atoms with van der Waals surface area (Å²) in [5, 5.41) is 0. The Kier molecular flexibility index (Phi) is 5.14. The molecule has 0 aliphatic carbocycles. The van der Waals surface area contributed by atoms with Gasteiger partial charge in [0, 0.05) is 12.5 Å². The normalized spacial score (nSPS) is 26.2. The third-order valence-electron chi connectivity index (χ3n) is 3.36. The fourth-order valence-electron chi connectivity index (χ4n) is 2.50. The van der Waals surface area contributed by atoms with E-state index in [2.05, 4.69) is 0 Å². The number of esters is 1. The molecule has 20 heavy (non-hydrogen) atoms. The van der Waals surface area contributed by atoms with Crippen molar-refractivity contribution in [3.8, 4) is 0 Å². The van der Waals surface area contributed by atoms with Gasteiger partial charge in [-0.15, -0.1) is 0 Å².